The lowest BCUT2D eigenvalue weighted by Crippen LogP contribution is -2.49. The second kappa shape index (κ2) is 7.65. The van der Waals surface area contributed by atoms with E-state index in [4.69, 9.17) is 0 Å². The van der Waals surface area contributed by atoms with E-state index >= 15 is 0 Å². The van der Waals surface area contributed by atoms with E-state index < -0.39 is 21.8 Å². The zero-order chi connectivity index (χ0) is 21.4. The fraction of sp³-hybridized carbons (Fsp3) is 0.294. The van der Waals surface area contributed by atoms with Gasteiger partial charge in [0.1, 0.15) is 24.8 Å². The maximum atomic E-state index is 12.8. The molecular weight excluding hydrogens is 423 g/mol. The second-order valence-corrected chi connectivity index (χ2v) is 8.43. The topological polar surface area (TPSA) is 97.1 Å². The number of benzene rings is 1. The molecule has 4 rings (SSSR count). The summed E-state index contributed by atoms with van der Waals surface area (Å²) in [5.41, 5.74) is -0.891. The van der Waals surface area contributed by atoms with Crippen LogP contribution in [0.15, 0.2) is 54.2 Å². The molecule has 0 aliphatic carbocycles. The maximum Gasteiger partial charge on any atom is 0.416 e. The Morgan fingerprint density at radius 3 is 2.17 bits per heavy atom. The van der Waals surface area contributed by atoms with E-state index in [1.54, 1.807) is 6.07 Å². The van der Waals surface area contributed by atoms with Crippen molar-refractivity contribution in [2.45, 2.75) is 11.1 Å². The van der Waals surface area contributed by atoms with Gasteiger partial charge in [-0.3, -0.25) is 0 Å². The number of sulfonamides is 1. The van der Waals surface area contributed by atoms with Crippen LogP contribution in [0.4, 0.5) is 19.0 Å². The summed E-state index contributed by atoms with van der Waals surface area (Å²) in [4.78, 5) is 14.0. The summed E-state index contributed by atoms with van der Waals surface area (Å²) in [6.45, 7) is 1.08. The largest absolute Gasteiger partial charge is 0.416 e. The van der Waals surface area contributed by atoms with Crippen molar-refractivity contribution in [3.8, 4) is 5.82 Å². The predicted octanol–water partition coefficient (Wildman–Crippen LogP) is 1.59. The molecule has 1 fully saturated rings. The average Bonchev–Trinajstić information content (AvgIpc) is 3.28. The third-order valence-corrected chi connectivity index (χ3v) is 6.59. The van der Waals surface area contributed by atoms with Crippen LogP contribution in [0.2, 0.25) is 0 Å². The van der Waals surface area contributed by atoms with Crippen molar-refractivity contribution in [3.63, 3.8) is 0 Å². The molecule has 2 aromatic heterocycles. The van der Waals surface area contributed by atoms with Crippen LogP contribution in [0.3, 0.4) is 0 Å². The first-order valence-electron chi connectivity index (χ1n) is 8.84. The van der Waals surface area contributed by atoms with Crippen LogP contribution >= 0.6 is 0 Å². The summed E-state index contributed by atoms with van der Waals surface area (Å²) in [5.74, 6) is 1.14. The van der Waals surface area contributed by atoms with Gasteiger partial charge < -0.3 is 4.90 Å². The Bertz CT molecular complexity index is 1110. The van der Waals surface area contributed by atoms with Crippen LogP contribution < -0.4 is 4.90 Å². The van der Waals surface area contributed by atoms with Gasteiger partial charge in [0.25, 0.3) is 0 Å². The number of hydrogen-bond donors (Lipinski definition) is 0. The fourth-order valence-electron chi connectivity index (χ4n) is 3.08. The highest BCUT2D eigenvalue weighted by Crippen LogP contribution is 2.30. The number of halogens is 3. The molecule has 0 spiro atoms. The molecule has 158 valence electrons. The minimum absolute atomic E-state index is 0.167. The van der Waals surface area contributed by atoms with E-state index in [1.165, 1.54) is 28.0 Å². The Balaban J connectivity index is 1.46. The number of alkyl halides is 3. The summed E-state index contributed by atoms with van der Waals surface area (Å²) in [6, 6.07) is 5.23. The Morgan fingerprint density at radius 1 is 0.900 bits per heavy atom. The smallest absolute Gasteiger partial charge is 0.354 e. The molecule has 1 aliphatic heterocycles. The highest BCUT2D eigenvalue weighted by Gasteiger charge is 2.32. The van der Waals surface area contributed by atoms with Gasteiger partial charge in [-0.1, -0.05) is 0 Å². The molecule has 9 nitrogen and oxygen atoms in total. The zero-order valence-electron chi connectivity index (χ0n) is 15.4. The van der Waals surface area contributed by atoms with E-state index in [9.17, 15) is 21.6 Å². The molecule has 0 atom stereocenters. The van der Waals surface area contributed by atoms with Crippen molar-refractivity contribution in [2.24, 2.45) is 0 Å². The predicted molar refractivity (Wildman–Crippen MR) is 99.4 cm³/mol. The van der Waals surface area contributed by atoms with Gasteiger partial charge in [-0.25, -0.2) is 28.1 Å². The first-order valence-corrected chi connectivity index (χ1v) is 10.3. The average molecular weight is 439 g/mol. The summed E-state index contributed by atoms with van der Waals surface area (Å²) in [7, 11) is -3.89. The first kappa shape index (κ1) is 20.2. The molecule has 3 aromatic rings. The van der Waals surface area contributed by atoms with Gasteiger partial charge in [-0.2, -0.15) is 22.6 Å². The van der Waals surface area contributed by atoms with Crippen LogP contribution in [-0.4, -0.2) is 63.6 Å². The summed E-state index contributed by atoms with van der Waals surface area (Å²) >= 11 is 0. The van der Waals surface area contributed by atoms with Crippen LogP contribution in [0.25, 0.3) is 5.82 Å². The molecule has 1 aromatic carbocycles. The highest BCUT2D eigenvalue weighted by molar-refractivity contribution is 7.89. The molecular formula is C17H16F3N7O2S. The first-order chi connectivity index (χ1) is 14.2. The Morgan fingerprint density at radius 2 is 1.57 bits per heavy atom. The quantitative estimate of drug-likeness (QED) is 0.609. The number of nitrogens with zero attached hydrogens (tertiary/aromatic N) is 7. The molecule has 0 saturated carbocycles. The summed E-state index contributed by atoms with van der Waals surface area (Å²) in [6.07, 6.45) is -0.248. The number of anilines is 1. The standard InChI is InChI=1S/C17H16F3N7O2S/c18-17(19,20)13-1-3-14(4-2-13)30(28,29)26-7-5-25(6-8-26)15-9-16(23-11-22-15)27-12-21-10-24-27/h1-4,9-12H,5-8H2. The fourth-order valence-corrected chi connectivity index (χ4v) is 4.51. The van der Waals surface area contributed by atoms with Crippen LogP contribution in [0.1, 0.15) is 5.56 Å². The van der Waals surface area contributed by atoms with Crippen molar-refractivity contribution in [2.75, 3.05) is 31.1 Å². The third kappa shape index (κ3) is 3.98. The van der Waals surface area contributed by atoms with Gasteiger partial charge in [0.15, 0.2) is 5.82 Å². The van der Waals surface area contributed by atoms with Crippen molar-refractivity contribution in [1.29, 1.82) is 0 Å². The van der Waals surface area contributed by atoms with Crippen LogP contribution in [0.5, 0.6) is 0 Å². The van der Waals surface area contributed by atoms with Gasteiger partial charge in [0.2, 0.25) is 10.0 Å². The van der Waals surface area contributed by atoms with Gasteiger partial charge in [0.05, 0.1) is 10.5 Å². The monoisotopic (exact) mass is 439 g/mol. The van der Waals surface area contributed by atoms with Crippen molar-refractivity contribution >= 4 is 15.8 Å². The zero-order valence-corrected chi connectivity index (χ0v) is 16.3. The van der Waals surface area contributed by atoms with Gasteiger partial charge in [-0.05, 0) is 24.3 Å². The molecule has 0 radical (unpaired) electrons. The minimum atomic E-state index is -4.52. The lowest BCUT2D eigenvalue weighted by Gasteiger charge is -2.34. The van der Waals surface area contributed by atoms with Crippen LogP contribution in [0, 0.1) is 0 Å². The van der Waals surface area contributed by atoms with E-state index in [-0.39, 0.29) is 18.0 Å². The summed E-state index contributed by atoms with van der Waals surface area (Å²) < 4.78 is 66.4. The van der Waals surface area contributed by atoms with Crippen LogP contribution in [-0.2, 0) is 16.2 Å². The van der Waals surface area contributed by atoms with Crippen molar-refractivity contribution in [3.05, 3.63) is 54.9 Å². The molecule has 0 amide bonds. The Labute approximate surface area is 169 Å². The Hall–Kier alpha value is -3.06. The number of rotatable bonds is 4. The molecule has 3 heterocycles. The van der Waals surface area contributed by atoms with Crippen molar-refractivity contribution < 1.29 is 21.6 Å². The molecule has 1 aliphatic rings. The van der Waals surface area contributed by atoms with E-state index in [0.29, 0.717) is 24.7 Å². The molecule has 0 N–H and O–H groups in total. The third-order valence-electron chi connectivity index (χ3n) is 4.67. The molecule has 1 saturated heterocycles. The normalized spacial score (nSPS) is 16.0. The van der Waals surface area contributed by atoms with Crippen molar-refractivity contribution in [1.82, 2.24) is 29.0 Å². The van der Waals surface area contributed by atoms with Gasteiger partial charge in [0, 0.05) is 32.2 Å². The van der Waals surface area contributed by atoms with E-state index in [1.807, 2.05) is 4.90 Å². The van der Waals surface area contributed by atoms with Gasteiger partial charge in [-0.15, -0.1) is 0 Å². The molecule has 13 heteroatoms. The molecule has 0 unspecified atom stereocenters. The lowest BCUT2D eigenvalue weighted by atomic mass is 10.2. The highest BCUT2D eigenvalue weighted by atomic mass is 32.2. The second-order valence-electron chi connectivity index (χ2n) is 6.49. The maximum absolute atomic E-state index is 12.8. The number of hydrogen-bond acceptors (Lipinski definition) is 7. The lowest BCUT2D eigenvalue weighted by molar-refractivity contribution is -0.137. The van der Waals surface area contributed by atoms with E-state index in [0.717, 1.165) is 24.3 Å². The Kier molecular flexibility index (Phi) is 5.15. The molecule has 30 heavy (non-hydrogen) atoms. The van der Waals surface area contributed by atoms with Gasteiger partial charge >= 0.3 is 6.18 Å². The summed E-state index contributed by atoms with van der Waals surface area (Å²) in [5, 5.41) is 4.01. The van der Waals surface area contributed by atoms with E-state index in [2.05, 4.69) is 20.1 Å². The molecule has 0 bridgehead atoms. The number of aromatic nitrogens is 5. The number of piperazine rings is 1. The SMILES string of the molecule is O=S(=O)(c1ccc(C(F)(F)F)cc1)N1CCN(c2cc(-n3cncn3)ncn2)CC1. The minimum Gasteiger partial charge on any atom is -0.354 e.